The van der Waals surface area contributed by atoms with Crippen LogP contribution in [-0.4, -0.2) is 23.2 Å². The van der Waals surface area contributed by atoms with Crippen molar-refractivity contribution in [3.05, 3.63) is 59.8 Å². The number of rotatable bonds is 6. The molecule has 4 heteroatoms. The molecule has 2 rings (SSSR count). The number of hydrogen-bond acceptors (Lipinski definition) is 4. The Morgan fingerprint density at radius 1 is 1.20 bits per heavy atom. The van der Waals surface area contributed by atoms with E-state index in [0.717, 1.165) is 6.42 Å². The van der Waals surface area contributed by atoms with Crippen LogP contribution in [0.2, 0.25) is 0 Å². The van der Waals surface area contributed by atoms with Crippen molar-refractivity contribution in [2.24, 2.45) is 5.92 Å². The molecule has 0 radical (unpaired) electrons. The van der Waals surface area contributed by atoms with Crippen molar-refractivity contribution in [1.82, 2.24) is 4.98 Å². The molecule has 0 amide bonds. The Bertz CT molecular complexity index is 578. The van der Waals surface area contributed by atoms with Crippen molar-refractivity contribution in [1.29, 1.82) is 5.26 Å². The minimum absolute atomic E-state index is 0.0888. The molecule has 1 aromatic heterocycles. The quantitative estimate of drug-likeness (QED) is 0.842. The summed E-state index contributed by atoms with van der Waals surface area (Å²) in [5, 5.41) is 21.6. The molecule has 1 heterocycles. The summed E-state index contributed by atoms with van der Waals surface area (Å²) in [5.41, 5.74) is 1.71. The van der Waals surface area contributed by atoms with Crippen LogP contribution in [0.3, 0.4) is 0 Å². The maximum atomic E-state index is 9.47. The predicted molar refractivity (Wildman–Crippen MR) is 78.2 cm³/mol. The number of pyridine rings is 1. The zero-order chi connectivity index (χ0) is 14.2. The molecule has 0 fully saturated rings. The van der Waals surface area contributed by atoms with Gasteiger partial charge in [-0.05, 0) is 24.1 Å². The number of nitriles is 1. The first kappa shape index (κ1) is 14.0. The first-order valence-electron chi connectivity index (χ1n) is 6.57. The van der Waals surface area contributed by atoms with Crippen LogP contribution in [0, 0.1) is 17.2 Å². The fraction of sp³-hybridized carbons (Fsp3) is 0.250. The van der Waals surface area contributed by atoms with Crippen molar-refractivity contribution in [3.63, 3.8) is 0 Å². The van der Waals surface area contributed by atoms with Gasteiger partial charge in [-0.1, -0.05) is 30.3 Å². The van der Waals surface area contributed by atoms with Gasteiger partial charge in [-0.3, -0.25) is 0 Å². The van der Waals surface area contributed by atoms with Gasteiger partial charge in [-0.2, -0.15) is 5.26 Å². The molecule has 0 saturated carbocycles. The summed E-state index contributed by atoms with van der Waals surface area (Å²) in [7, 11) is 0. The molecule has 2 aromatic rings. The minimum Gasteiger partial charge on any atom is -0.396 e. The van der Waals surface area contributed by atoms with Crippen molar-refractivity contribution in [2.45, 2.75) is 6.42 Å². The second-order valence-corrected chi connectivity index (χ2v) is 4.63. The summed E-state index contributed by atoms with van der Waals surface area (Å²) in [4.78, 5) is 4.15. The highest BCUT2D eigenvalue weighted by Gasteiger charge is 2.10. The third-order valence-electron chi connectivity index (χ3n) is 3.11. The first-order chi connectivity index (χ1) is 9.83. The summed E-state index contributed by atoms with van der Waals surface area (Å²) < 4.78 is 0. The average Bonchev–Trinajstić information content (AvgIpc) is 2.52. The Morgan fingerprint density at radius 3 is 2.70 bits per heavy atom. The summed E-state index contributed by atoms with van der Waals surface area (Å²) >= 11 is 0. The highest BCUT2D eigenvalue weighted by atomic mass is 16.3. The molecule has 102 valence electrons. The molecule has 2 N–H and O–H groups in total. The van der Waals surface area contributed by atoms with E-state index in [1.807, 2.05) is 30.3 Å². The molecule has 1 aromatic carbocycles. The molecular weight excluding hydrogens is 250 g/mol. The van der Waals surface area contributed by atoms with Crippen LogP contribution in [0.15, 0.2) is 48.7 Å². The van der Waals surface area contributed by atoms with E-state index in [1.54, 1.807) is 18.3 Å². The maximum absolute atomic E-state index is 9.47. The van der Waals surface area contributed by atoms with E-state index in [-0.39, 0.29) is 12.5 Å². The smallest absolute Gasteiger partial charge is 0.143 e. The first-order valence-corrected chi connectivity index (χ1v) is 6.57. The highest BCUT2D eigenvalue weighted by molar-refractivity contribution is 5.51. The van der Waals surface area contributed by atoms with Gasteiger partial charge in [0.15, 0.2) is 0 Å². The SMILES string of the molecule is N#Cc1cccnc1NC[C@@H](CO)Cc1ccccc1. The number of aliphatic hydroxyl groups is 1. The van der Waals surface area contributed by atoms with E-state index in [0.29, 0.717) is 17.9 Å². The summed E-state index contributed by atoms with van der Waals surface area (Å²) in [6.45, 7) is 0.674. The Morgan fingerprint density at radius 2 is 2.00 bits per heavy atom. The molecule has 0 unspecified atom stereocenters. The highest BCUT2D eigenvalue weighted by Crippen LogP contribution is 2.13. The molecular formula is C16H17N3O. The van der Waals surface area contributed by atoms with Crippen molar-refractivity contribution in [2.75, 3.05) is 18.5 Å². The van der Waals surface area contributed by atoms with Gasteiger partial charge in [0.25, 0.3) is 0 Å². The van der Waals surface area contributed by atoms with Gasteiger partial charge in [0.1, 0.15) is 11.9 Å². The number of benzene rings is 1. The molecule has 0 aliphatic carbocycles. The molecule has 0 spiro atoms. The standard InChI is InChI=1S/C16H17N3O/c17-10-15-7-4-8-18-16(15)19-11-14(12-20)9-13-5-2-1-3-6-13/h1-8,14,20H,9,11-12H2,(H,18,19)/t14-/m0/s1. The largest absolute Gasteiger partial charge is 0.396 e. The van der Waals surface area contributed by atoms with Gasteiger partial charge in [-0.15, -0.1) is 0 Å². The summed E-state index contributed by atoms with van der Waals surface area (Å²) in [6, 6.07) is 15.6. The molecule has 0 saturated heterocycles. The molecule has 0 bridgehead atoms. The van der Waals surface area contributed by atoms with Gasteiger partial charge in [0, 0.05) is 25.3 Å². The van der Waals surface area contributed by atoms with Crippen LogP contribution < -0.4 is 5.32 Å². The monoisotopic (exact) mass is 267 g/mol. The molecule has 0 aliphatic rings. The number of nitrogens with one attached hydrogen (secondary N) is 1. The maximum Gasteiger partial charge on any atom is 0.143 e. The van der Waals surface area contributed by atoms with E-state index in [4.69, 9.17) is 5.26 Å². The average molecular weight is 267 g/mol. The van der Waals surface area contributed by atoms with E-state index >= 15 is 0 Å². The van der Waals surface area contributed by atoms with Gasteiger partial charge >= 0.3 is 0 Å². The zero-order valence-corrected chi connectivity index (χ0v) is 11.2. The van der Waals surface area contributed by atoms with Crippen molar-refractivity contribution >= 4 is 5.82 Å². The second kappa shape index (κ2) is 7.27. The predicted octanol–water partition coefficient (Wildman–Crippen LogP) is 2.22. The van der Waals surface area contributed by atoms with Gasteiger partial charge in [0.2, 0.25) is 0 Å². The van der Waals surface area contributed by atoms with Crippen molar-refractivity contribution in [3.8, 4) is 6.07 Å². The number of anilines is 1. The molecule has 20 heavy (non-hydrogen) atoms. The third-order valence-corrected chi connectivity index (χ3v) is 3.11. The number of hydrogen-bond donors (Lipinski definition) is 2. The van der Waals surface area contributed by atoms with Crippen LogP contribution in [0.5, 0.6) is 0 Å². The lowest BCUT2D eigenvalue weighted by Gasteiger charge is -2.16. The van der Waals surface area contributed by atoms with Gasteiger partial charge < -0.3 is 10.4 Å². The number of nitrogens with zero attached hydrogens (tertiary/aromatic N) is 2. The van der Waals surface area contributed by atoms with E-state index in [2.05, 4.69) is 16.4 Å². The fourth-order valence-corrected chi connectivity index (χ4v) is 2.03. The summed E-state index contributed by atoms with van der Waals surface area (Å²) in [5.74, 6) is 0.660. The molecule has 4 nitrogen and oxygen atoms in total. The number of aromatic nitrogens is 1. The van der Waals surface area contributed by atoms with E-state index < -0.39 is 0 Å². The Balaban J connectivity index is 1.96. The fourth-order valence-electron chi connectivity index (χ4n) is 2.03. The zero-order valence-electron chi connectivity index (χ0n) is 11.2. The van der Waals surface area contributed by atoms with Gasteiger partial charge in [0.05, 0.1) is 5.56 Å². The summed E-state index contributed by atoms with van der Waals surface area (Å²) in [6.07, 6.45) is 2.44. The second-order valence-electron chi connectivity index (χ2n) is 4.63. The lowest BCUT2D eigenvalue weighted by molar-refractivity contribution is 0.232. The third kappa shape index (κ3) is 3.81. The lowest BCUT2D eigenvalue weighted by Crippen LogP contribution is -2.21. The number of aliphatic hydroxyl groups excluding tert-OH is 1. The topological polar surface area (TPSA) is 68.9 Å². The van der Waals surface area contributed by atoms with E-state index in [1.165, 1.54) is 5.56 Å². The Kier molecular flexibility index (Phi) is 5.10. The molecule has 0 aliphatic heterocycles. The van der Waals surface area contributed by atoms with Crippen LogP contribution in [0.25, 0.3) is 0 Å². The van der Waals surface area contributed by atoms with Crippen LogP contribution in [0.4, 0.5) is 5.82 Å². The molecule has 1 atom stereocenters. The van der Waals surface area contributed by atoms with Crippen LogP contribution >= 0.6 is 0 Å². The Hall–Kier alpha value is -2.38. The minimum atomic E-state index is 0.0888. The Labute approximate surface area is 118 Å². The van der Waals surface area contributed by atoms with Crippen LogP contribution in [0.1, 0.15) is 11.1 Å². The normalized spacial score (nSPS) is 11.6. The van der Waals surface area contributed by atoms with Crippen LogP contribution in [-0.2, 0) is 6.42 Å². The van der Waals surface area contributed by atoms with E-state index in [9.17, 15) is 5.11 Å². The lowest BCUT2D eigenvalue weighted by atomic mass is 10.00. The van der Waals surface area contributed by atoms with Gasteiger partial charge in [-0.25, -0.2) is 4.98 Å². The van der Waals surface area contributed by atoms with Crippen molar-refractivity contribution < 1.29 is 5.11 Å².